The number of rotatable bonds is 2. The molecule has 0 aliphatic carbocycles. The van der Waals surface area contributed by atoms with Gasteiger partial charge in [0.15, 0.2) is 5.82 Å². The number of alkyl halides is 1. The minimum absolute atomic E-state index is 0.301. The SMILES string of the molecule is Cc1cc(N(C)C)n2nc(CCl)nc2n1. The van der Waals surface area contributed by atoms with Crippen LogP contribution in [0.4, 0.5) is 5.82 Å². The second kappa shape index (κ2) is 3.66. The van der Waals surface area contributed by atoms with Crippen LogP contribution in [0.15, 0.2) is 6.07 Å². The summed E-state index contributed by atoms with van der Waals surface area (Å²) in [5.41, 5.74) is 0.916. The first-order chi connectivity index (χ1) is 7.11. The van der Waals surface area contributed by atoms with Gasteiger partial charge >= 0.3 is 0 Å². The molecular formula is C9H12ClN5. The Morgan fingerprint density at radius 1 is 1.40 bits per heavy atom. The summed E-state index contributed by atoms with van der Waals surface area (Å²) < 4.78 is 1.70. The van der Waals surface area contributed by atoms with Gasteiger partial charge in [0.2, 0.25) is 0 Å². The zero-order valence-electron chi connectivity index (χ0n) is 8.90. The molecule has 5 nitrogen and oxygen atoms in total. The molecule has 2 aromatic rings. The standard InChI is InChI=1S/C9H12ClN5/c1-6-4-8(14(2)3)15-9(11-6)12-7(5-10)13-15/h4H,5H2,1-3H3. The molecule has 0 N–H and O–H groups in total. The number of nitrogens with zero attached hydrogens (tertiary/aromatic N) is 5. The molecule has 80 valence electrons. The van der Waals surface area contributed by atoms with E-state index in [1.165, 1.54) is 0 Å². The summed E-state index contributed by atoms with van der Waals surface area (Å²) in [6.07, 6.45) is 0. The van der Waals surface area contributed by atoms with Gasteiger partial charge in [-0.3, -0.25) is 0 Å². The predicted octanol–water partition coefficient (Wildman–Crippen LogP) is 1.24. The van der Waals surface area contributed by atoms with Gasteiger partial charge in [-0.2, -0.15) is 9.50 Å². The number of aromatic nitrogens is 4. The molecule has 0 spiro atoms. The molecule has 0 fully saturated rings. The van der Waals surface area contributed by atoms with E-state index in [-0.39, 0.29) is 0 Å². The van der Waals surface area contributed by atoms with Crippen LogP contribution < -0.4 is 4.90 Å². The highest BCUT2D eigenvalue weighted by molar-refractivity contribution is 6.16. The molecule has 0 bridgehead atoms. The smallest absolute Gasteiger partial charge is 0.254 e. The zero-order valence-corrected chi connectivity index (χ0v) is 9.65. The van der Waals surface area contributed by atoms with Crippen LogP contribution >= 0.6 is 11.6 Å². The van der Waals surface area contributed by atoms with Crippen LogP contribution in [0.5, 0.6) is 0 Å². The second-order valence-electron chi connectivity index (χ2n) is 3.52. The molecule has 0 aromatic carbocycles. The quantitative estimate of drug-likeness (QED) is 0.722. The van der Waals surface area contributed by atoms with Crippen LogP contribution in [0.3, 0.4) is 0 Å². The lowest BCUT2D eigenvalue weighted by Gasteiger charge is -2.13. The molecule has 0 atom stereocenters. The van der Waals surface area contributed by atoms with E-state index in [2.05, 4.69) is 15.1 Å². The lowest BCUT2D eigenvalue weighted by atomic mass is 10.4. The first-order valence-corrected chi connectivity index (χ1v) is 5.12. The lowest BCUT2D eigenvalue weighted by Crippen LogP contribution is -2.14. The van der Waals surface area contributed by atoms with E-state index >= 15 is 0 Å². The fraction of sp³-hybridized carbons (Fsp3) is 0.444. The number of aryl methyl sites for hydroxylation is 1. The Hall–Kier alpha value is -1.36. The number of halogens is 1. The highest BCUT2D eigenvalue weighted by Gasteiger charge is 2.10. The van der Waals surface area contributed by atoms with Crippen molar-refractivity contribution in [3.05, 3.63) is 17.6 Å². The third-order valence-corrected chi connectivity index (χ3v) is 2.28. The van der Waals surface area contributed by atoms with Gasteiger partial charge in [-0.25, -0.2) is 4.98 Å². The van der Waals surface area contributed by atoms with Crippen molar-refractivity contribution < 1.29 is 0 Å². The van der Waals surface area contributed by atoms with Crippen molar-refractivity contribution in [1.82, 2.24) is 19.6 Å². The van der Waals surface area contributed by atoms with Gasteiger partial charge in [-0.15, -0.1) is 16.7 Å². The minimum atomic E-state index is 0.301. The topological polar surface area (TPSA) is 46.3 Å². The predicted molar refractivity (Wildman–Crippen MR) is 59.4 cm³/mol. The van der Waals surface area contributed by atoms with E-state index in [1.807, 2.05) is 32.0 Å². The van der Waals surface area contributed by atoms with Gasteiger partial charge in [-0.1, -0.05) is 0 Å². The van der Waals surface area contributed by atoms with Crippen molar-refractivity contribution >= 4 is 23.2 Å². The Morgan fingerprint density at radius 2 is 2.13 bits per heavy atom. The minimum Gasteiger partial charge on any atom is -0.363 e. The highest BCUT2D eigenvalue weighted by Crippen LogP contribution is 2.14. The first-order valence-electron chi connectivity index (χ1n) is 4.58. The van der Waals surface area contributed by atoms with E-state index in [0.29, 0.717) is 17.5 Å². The Bertz CT molecular complexity index is 490. The summed E-state index contributed by atoms with van der Waals surface area (Å²) in [5.74, 6) is 2.43. The van der Waals surface area contributed by atoms with Gasteiger partial charge in [0.1, 0.15) is 5.82 Å². The van der Waals surface area contributed by atoms with Crippen molar-refractivity contribution in [2.75, 3.05) is 19.0 Å². The van der Waals surface area contributed by atoms with Gasteiger partial charge in [0, 0.05) is 25.9 Å². The molecule has 0 saturated carbocycles. The fourth-order valence-electron chi connectivity index (χ4n) is 1.38. The van der Waals surface area contributed by atoms with E-state index in [4.69, 9.17) is 11.6 Å². The monoisotopic (exact) mass is 225 g/mol. The van der Waals surface area contributed by atoms with Gasteiger partial charge in [0.25, 0.3) is 5.78 Å². The lowest BCUT2D eigenvalue weighted by molar-refractivity contribution is 0.871. The molecule has 0 saturated heterocycles. The molecule has 0 aliphatic rings. The maximum absolute atomic E-state index is 5.69. The van der Waals surface area contributed by atoms with Gasteiger partial charge in [0.05, 0.1) is 5.88 Å². The number of anilines is 1. The van der Waals surface area contributed by atoms with Crippen LogP contribution in [-0.2, 0) is 5.88 Å². The molecular weight excluding hydrogens is 214 g/mol. The van der Waals surface area contributed by atoms with Crippen molar-refractivity contribution in [3.8, 4) is 0 Å². The Morgan fingerprint density at radius 3 is 2.73 bits per heavy atom. The first kappa shape index (κ1) is 10.2. The zero-order chi connectivity index (χ0) is 11.0. The van der Waals surface area contributed by atoms with Crippen molar-refractivity contribution in [1.29, 1.82) is 0 Å². The Balaban J connectivity index is 2.72. The van der Waals surface area contributed by atoms with E-state index < -0.39 is 0 Å². The van der Waals surface area contributed by atoms with E-state index in [9.17, 15) is 0 Å². The third kappa shape index (κ3) is 1.74. The number of hydrogen-bond donors (Lipinski definition) is 0. The van der Waals surface area contributed by atoms with E-state index in [1.54, 1.807) is 4.52 Å². The summed E-state index contributed by atoms with van der Waals surface area (Å²) in [5, 5.41) is 4.26. The summed E-state index contributed by atoms with van der Waals surface area (Å²) in [7, 11) is 3.91. The summed E-state index contributed by atoms with van der Waals surface area (Å²) >= 11 is 5.69. The summed E-state index contributed by atoms with van der Waals surface area (Å²) in [6.45, 7) is 1.93. The Labute approximate surface area is 92.7 Å². The van der Waals surface area contributed by atoms with Crippen LogP contribution in [0.1, 0.15) is 11.5 Å². The molecule has 0 radical (unpaired) electrons. The molecule has 6 heteroatoms. The molecule has 0 amide bonds. The largest absolute Gasteiger partial charge is 0.363 e. The van der Waals surface area contributed by atoms with E-state index in [0.717, 1.165) is 11.5 Å². The molecule has 2 heterocycles. The summed E-state index contributed by atoms with van der Waals surface area (Å²) in [4.78, 5) is 10.5. The average Bonchev–Trinajstić information content (AvgIpc) is 2.58. The van der Waals surface area contributed by atoms with Crippen LogP contribution in [0.25, 0.3) is 5.78 Å². The van der Waals surface area contributed by atoms with Crippen LogP contribution in [0, 0.1) is 6.92 Å². The number of fused-ring (bicyclic) bond motifs is 1. The van der Waals surface area contributed by atoms with Gasteiger partial charge < -0.3 is 4.90 Å². The third-order valence-electron chi connectivity index (χ3n) is 2.04. The highest BCUT2D eigenvalue weighted by atomic mass is 35.5. The maximum atomic E-state index is 5.69. The Kier molecular flexibility index (Phi) is 2.48. The fourth-order valence-corrected chi connectivity index (χ4v) is 1.50. The van der Waals surface area contributed by atoms with Gasteiger partial charge in [-0.05, 0) is 6.92 Å². The number of hydrogen-bond acceptors (Lipinski definition) is 4. The normalized spacial score (nSPS) is 10.9. The average molecular weight is 226 g/mol. The van der Waals surface area contributed by atoms with Crippen LogP contribution in [0.2, 0.25) is 0 Å². The summed E-state index contributed by atoms with van der Waals surface area (Å²) in [6, 6.07) is 1.96. The van der Waals surface area contributed by atoms with Crippen molar-refractivity contribution in [2.45, 2.75) is 12.8 Å². The molecule has 0 aliphatic heterocycles. The van der Waals surface area contributed by atoms with Crippen LogP contribution in [-0.4, -0.2) is 33.7 Å². The maximum Gasteiger partial charge on any atom is 0.254 e. The van der Waals surface area contributed by atoms with Crippen molar-refractivity contribution in [2.24, 2.45) is 0 Å². The molecule has 2 rings (SSSR count). The molecule has 2 aromatic heterocycles. The van der Waals surface area contributed by atoms with Crippen molar-refractivity contribution in [3.63, 3.8) is 0 Å². The molecule has 15 heavy (non-hydrogen) atoms. The second-order valence-corrected chi connectivity index (χ2v) is 3.79. The molecule has 0 unspecified atom stereocenters.